The molecule has 6 nitrogen and oxygen atoms in total. The SMILES string of the molecule is CCOC(=O)C=Cc1c(OC)cc(F)cc1[C@@H](C)OC[C@H](O)CN1CCC[C@H]1Cc1ccc(C)c(F)c1. The van der Waals surface area contributed by atoms with Gasteiger partial charge < -0.3 is 19.3 Å². The van der Waals surface area contributed by atoms with E-state index in [1.807, 2.05) is 6.07 Å². The summed E-state index contributed by atoms with van der Waals surface area (Å²) in [5, 5.41) is 10.7. The molecule has 1 fully saturated rings. The Balaban J connectivity index is 1.62. The standard InChI is InChI=1S/C29H37F2NO5/c1-5-36-29(34)11-10-25-26(15-22(30)16-28(25)35-4)20(3)37-18-24(33)17-32-12-6-7-23(32)13-21-9-8-19(2)27(31)14-21/h8-11,14-16,20,23-24,33H,5-7,12-13,17-18H2,1-4H3/t20-,23+,24-/m1/s1. The number of carbonyl (C=O) groups excluding carboxylic acids is 1. The molecule has 1 aliphatic heterocycles. The molecule has 3 rings (SSSR count). The highest BCUT2D eigenvalue weighted by Crippen LogP contribution is 2.32. The van der Waals surface area contributed by atoms with Gasteiger partial charge in [0.1, 0.15) is 17.4 Å². The van der Waals surface area contributed by atoms with Gasteiger partial charge in [0.25, 0.3) is 0 Å². The zero-order valence-electron chi connectivity index (χ0n) is 22.0. The number of hydrogen-bond acceptors (Lipinski definition) is 6. The number of hydrogen-bond donors (Lipinski definition) is 1. The van der Waals surface area contributed by atoms with Gasteiger partial charge in [0.15, 0.2) is 0 Å². The van der Waals surface area contributed by atoms with E-state index in [1.54, 1.807) is 32.9 Å². The van der Waals surface area contributed by atoms with Crippen LogP contribution in [0.15, 0.2) is 36.4 Å². The molecule has 0 spiro atoms. The molecule has 0 radical (unpaired) electrons. The number of carbonyl (C=O) groups is 1. The molecule has 0 aliphatic carbocycles. The number of benzene rings is 2. The number of rotatable bonds is 12. The van der Waals surface area contributed by atoms with Gasteiger partial charge in [-0.2, -0.15) is 0 Å². The zero-order chi connectivity index (χ0) is 26.9. The topological polar surface area (TPSA) is 68.2 Å². The van der Waals surface area contributed by atoms with Gasteiger partial charge >= 0.3 is 5.97 Å². The highest BCUT2D eigenvalue weighted by molar-refractivity contribution is 5.88. The van der Waals surface area contributed by atoms with E-state index in [9.17, 15) is 18.7 Å². The Morgan fingerprint density at radius 2 is 2.05 bits per heavy atom. The first-order valence-corrected chi connectivity index (χ1v) is 12.7. The van der Waals surface area contributed by atoms with E-state index in [0.29, 0.717) is 23.2 Å². The van der Waals surface area contributed by atoms with Crippen molar-refractivity contribution in [2.45, 2.75) is 58.3 Å². The van der Waals surface area contributed by atoms with Crippen LogP contribution in [0, 0.1) is 18.6 Å². The molecular weight excluding hydrogens is 480 g/mol. The normalized spacial score (nSPS) is 17.8. The molecular formula is C29H37F2NO5. The number of ether oxygens (including phenoxy) is 3. The van der Waals surface area contributed by atoms with E-state index in [0.717, 1.165) is 31.4 Å². The summed E-state index contributed by atoms with van der Waals surface area (Å²) in [7, 11) is 1.42. The van der Waals surface area contributed by atoms with Gasteiger partial charge in [0.2, 0.25) is 0 Å². The lowest BCUT2D eigenvalue weighted by Gasteiger charge is -2.28. The molecule has 0 saturated carbocycles. The van der Waals surface area contributed by atoms with Crippen molar-refractivity contribution in [1.29, 1.82) is 0 Å². The molecule has 8 heteroatoms. The average molecular weight is 518 g/mol. The summed E-state index contributed by atoms with van der Waals surface area (Å²) >= 11 is 0. The zero-order valence-corrected chi connectivity index (χ0v) is 22.0. The van der Waals surface area contributed by atoms with Crippen molar-refractivity contribution in [3.05, 3.63) is 70.3 Å². The minimum absolute atomic E-state index is 0.0450. The van der Waals surface area contributed by atoms with Gasteiger partial charge in [-0.25, -0.2) is 13.6 Å². The van der Waals surface area contributed by atoms with Crippen LogP contribution in [0.3, 0.4) is 0 Å². The van der Waals surface area contributed by atoms with Crippen LogP contribution in [0.4, 0.5) is 8.78 Å². The number of methoxy groups -OCH3 is 1. The molecule has 2 aromatic carbocycles. The minimum Gasteiger partial charge on any atom is -0.496 e. The highest BCUT2D eigenvalue weighted by atomic mass is 19.1. The molecule has 0 amide bonds. The van der Waals surface area contributed by atoms with Crippen molar-refractivity contribution < 1.29 is 32.9 Å². The number of nitrogens with zero attached hydrogens (tertiary/aromatic N) is 1. The van der Waals surface area contributed by atoms with Crippen LogP contribution in [0.1, 0.15) is 55.0 Å². The second-order valence-corrected chi connectivity index (χ2v) is 9.40. The Bertz CT molecular complexity index is 1090. The molecule has 1 saturated heterocycles. The number of halogens is 2. The summed E-state index contributed by atoms with van der Waals surface area (Å²) in [6, 6.07) is 8.14. The number of β-amino-alcohol motifs (C(OH)–C–C–N with tert-alkyl or cyclic N) is 1. The summed E-state index contributed by atoms with van der Waals surface area (Å²) in [5.74, 6) is -0.949. The van der Waals surface area contributed by atoms with E-state index in [1.165, 1.54) is 31.4 Å². The monoisotopic (exact) mass is 517 g/mol. The van der Waals surface area contributed by atoms with Crippen molar-refractivity contribution >= 4 is 12.0 Å². The first-order valence-electron chi connectivity index (χ1n) is 12.7. The third kappa shape index (κ3) is 8.09. The van der Waals surface area contributed by atoms with Crippen molar-refractivity contribution in [1.82, 2.24) is 4.90 Å². The summed E-state index contributed by atoms with van der Waals surface area (Å²) in [5.41, 5.74) is 2.57. The number of likely N-dealkylation sites (tertiary alicyclic amines) is 1. The largest absolute Gasteiger partial charge is 0.496 e. The van der Waals surface area contributed by atoms with Gasteiger partial charge in [0.05, 0.1) is 32.5 Å². The second-order valence-electron chi connectivity index (χ2n) is 9.40. The lowest BCUT2D eigenvalue weighted by atomic mass is 10.0. The smallest absolute Gasteiger partial charge is 0.330 e. The van der Waals surface area contributed by atoms with Crippen LogP contribution in [0.5, 0.6) is 5.75 Å². The molecule has 0 aromatic heterocycles. The molecule has 37 heavy (non-hydrogen) atoms. The summed E-state index contributed by atoms with van der Waals surface area (Å²) in [6.45, 7) is 6.79. The Morgan fingerprint density at radius 1 is 1.27 bits per heavy atom. The van der Waals surface area contributed by atoms with Crippen molar-refractivity contribution in [2.75, 3.05) is 33.4 Å². The van der Waals surface area contributed by atoms with Gasteiger partial charge in [-0.15, -0.1) is 0 Å². The number of esters is 1. The Hall–Kier alpha value is -2.81. The number of aliphatic hydroxyl groups excluding tert-OH is 1. The molecule has 0 unspecified atom stereocenters. The maximum atomic E-state index is 14.3. The van der Waals surface area contributed by atoms with Crippen LogP contribution in [-0.4, -0.2) is 61.5 Å². The van der Waals surface area contributed by atoms with E-state index >= 15 is 0 Å². The van der Waals surface area contributed by atoms with Gasteiger partial charge in [-0.3, -0.25) is 4.90 Å². The maximum Gasteiger partial charge on any atom is 0.330 e. The number of aryl methyl sites for hydroxylation is 1. The van der Waals surface area contributed by atoms with Crippen molar-refractivity contribution in [3.8, 4) is 5.75 Å². The quantitative estimate of drug-likeness (QED) is 0.316. The van der Waals surface area contributed by atoms with Gasteiger partial charge in [-0.05, 0) is 81.5 Å². The summed E-state index contributed by atoms with van der Waals surface area (Å²) in [4.78, 5) is 14.0. The van der Waals surface area contributed by atoms with E-state index in [4.69, 9.17) is 14.2 Å². The fourth-order valence-electron chi connectivity index (χ4n) is 4.71. The lowest BCUT2D eigenvalue weighted by molar-refractivity contribution is -0.137. The first-order chi connectivity index (χ1) is 17.7. The molecule has 2 aromatic rings. The Kier molecular flexibility index (Phi) is 10.6. The van der Waals surface area contributed by atoms with Gasteiger partial charge in [-0.1, -0.05) is 12.1 Å². The molecule has 1 N–H and O–H groups in total. The predicted octanol–water partition coefficient (Wildman–Crippen LogP) is 5.00. The minimum atomic E-state index is -0.758. The number of aliphatic hydroxyl groups is 1. The third-order valence-electron chi connectivity index (χ3n) is 6.66. The fourth-order valence-corrected chi connectivity index (χ4v) is 4.71. The molecule has 3 atom stereocenters. The molecule has 0 bridgehead atoms. The maximum absolute atomic E-state index is 14.3. The van der Waals surface area contributed by atoms with Crippen LogP contribution < -0.4 is 4.74 Å². The van der Waals surface area contributed by atoms with Crippen LogP contribution >= 0.6 is 0 Å². The molecule has 1 aliphatic rings. The van der Waals surface area contributed by atoms with Crippen LogP contribution in [-0.2, 0) is 20.7 Å². The van der Waals surface area contributed by atoms with Crippen molar-refractivity contribution in [3.63, 3.8) is 0 Å². The van der Waals surface area contributed by atoms with Gasteiger partial charge in [0, 0.05) is 30.3 Å². The first kappa shape index (κ1) is 28.8. The summed E-state index contributed by atoms with van der Waals surface area (Å²) in [6.07, 6.45) is 4.17. The average Bonchev–Trinajstić information content (AvgIpc) is 3.29. The lowest BCUT2D eigenvalue weighted by Crippen LogP contribution is -2.39. The fraction of sp³-hybridized carbons (Fsp3) is 0.483. The summed E-state index contributed by atoms with van der Waals surface area (Å²) < 4.78 is 44.4. The van der Waals surface area contributed by atoms with Crippen molar-refractivity contribution in [2.24, 2.45) is 0 Å². The van der Waals surface area contributed by atoms with E-state index in [2.05, 4.69) is 4.90 Å². The Morgan fingerprint density at radius 3 is 2.76 bits per heavy atom. The second kappa shape index (κ2) is 13.7. The van der Waals surface area contributed by atoms with Crippen LogP contribution in [0.2, 0.25) is 0 Å². The third-order valence-corrected chi connectivity index (χ3v) is 6.66. The van der Waals surface area contributed by atoms with Crippen LogP contribution in [0.25, 0.3) is 6.08 Å². The van der Waals surface area contributed by atoms with E-state index < -0.39 is 24.0 Å². The molecule has 202 valence electrons. The Labute approximate surface area is 217 Å². The van der Waals surface area contributed by atoms with E-state index in [-0.39, 0.29) is 30.8 Å². The predicted molar refractivity (Wildman–Crippen MR) is 138 cm³/mol. The molecule has 1 heterocycles. The highest BCUT2D eigenvalue weighted by Gasteiger charge is 2.27.